The second kappa shape index (κ2) is 7.46. The summed E-state index contributed by atoms with van der Waals surface area (Å²) in [7, 11) is 0. The van der Waals surface area contributed by atoms with Crippen molar-refractivity contribution in [2.75, 3.05) is 0 Å². The molecule has 0 aliphatic carbocycles. The first-order chi connectivity index (χ1) is 13.1. The number of halogens is 2. The van der Waals surface area contributed by atoms with Gasteiger partial charge in [-0.1, -0.05) is 23.7 Å². The smallest absolute Gasteiger partial charge is 0.271 e. The van der Waals surface area contributed by atoms with E-state index < -0.39 is 5.82 Å². The maximum atomic E-state index is 14.1. The fourth-order valence-electron chi connectivity index (χ4n) is 2.74. The second-order valence-corrected chi connectivity index (χ2v) is 7.32. The van der Waals surface area contributed by atoms with Crippen LogP contribution in [0.5, 0.6) is 0 Å². The molecule has 2 N–H and O–H groups in total. The Kier molecular flexibility index (Phi) is 4.87. The molecule has 0 saturated heterocycles. The second-order valence-electron chi connectivity index (χ2n) is 5.94. The van der Waals surface area contributed by atoms with Gasteiger partial charge in [0.2, 0.25) is 0 Å². The summed E-state index contributed by atoms with van der Waals surface area (Å²) < 4.78 is 14.1. The fourth-order valence-corrected chi connectivity index (χ4v) is 3.68. The number of nitrogens with zero attached hydrogens (tertiary/aromatic N) is 2. The minimum absolute atomic E-state index is 0.0386. The van der Waals surface area contributed by atoms with E-state index in [-0.39, 0.29) is 12.5 Å². The van der Waals surface area contributed by atoms with Crippen LogP contribution in [0.15, 0.2) is 48.1 Å². The van der Waals surface area contributed by atoms with Crippen LogP contribution in [0.4, 0.5) is 4.39 Å². The lowest BCUT2D eigenvalue weighted by Crippen LogP contribution is -2.24. The molecule has 0 fully saturated rings. The number of imidazole rings is 1. The fraction of sp³-hybridized carbons (Fsp3) is 0.105. The SMILES string of the molecule is O=C(NCc1c(F)ccc2[nH]cnc12)c1csc(Cc2ccc(Cl)cc2)n1. The number of carbonyl (C=O) groups is 1. The van der Waals surface area contributed by atoms with Gasteiger partial charge in [-0.3, -0.25) is 4.79 Å². The van der Waals surface area contributed by atoms with Gasteiger partial charge in [0.25, 0.3) is 5.91 Å². The van der Waals surface area contributed by atoms with Crippen LogP contribution in [0.1, 0.15) is 26.6 Å². The van der Waals surface area contributed by atoms with Gasteiger partial charge in [0.15, 0.2) is 0 Å². The van der Waals surface area contributed by atoms with Crippen molar-refractivity contribution in [1.29, 1.82) is 0 Å². The number of amides is 1. The van der Waals surface area contributed by atoms with Crippen molar-refractivity contribution in [2.24, 2.45) is 0 Å². The molecule has 2 aromatic heterocycles. The van der Waals surface area contributed by atoms with Crippen LogP contribution in [0, 0.1) is 5.82 Å². The summed E-state index contributed by atoms with van der Waals surface area (Å²) in [4.78, 5) is 23.8. The molecular weight excluding hydrogens is 387 g/mol. The Hall–Kier alpha value is -2.77. The average molecular weight is 401 g/mol. The molecular formula is C19H14ClFN4OS. The van der Waals surface area contributed by atoms with Crippen LogP contribution in [0.2, 0.25) is 5.02 Å². The zero-order chi connectivity index (χ0) is 18.8. The highest BCUT2D eigenvalue weighted by Crippen LogP contribution is 2.19. The Morgan fingerprint density at radius 2 is 2.04 bits per heavy atom. The monoisotopic (exact) mass is 400 g/mol. The molecule has 0 unspecified atom stereocenters. The molecule has 0 atom stereocenters. The molecule has 0 aliphatic heterocycles. The third kappa shape index (κ3) is 3.84. The topological polar surface area (TPSA) is 70.7 Å². The van der Waals surface area contributed by atoms with Gasteiger partial charge in [0.1, 0.15) is 11.5 Å². The first-order valence-corrected chi connectivity index (χ1v) is 9.43. The molecule has 0 radical (unpaired) electrons. The Bertz CT molecular complexity index is 1110. The van der Waals surface area contributed by atoms with Crippen LogP contribution in [-0.2, 0) is 13.0 Å². The van der Waals surface area contributed by atoms with E-state index >= 15 is 0 Å². The summed E-state index contributed by atoms with van der Waals surface area (Å²) in [6.45, 7) is 0.0386. The van der Waals surface area contributed by atoms with E-state index in [0.29, 0.717) is 28.2 Å². The van der Waals surface area contributed by atoms with E-state index in [1.807, 2.05) is 24.3 Å². The van der Waals surface area contributed by atoms with E-state index in [0.717, 1.165) is 16.1 Å². The highest BCUT2D eigenvalue weighted by atomic mass is 35.5. The van der Waals surface area contributed by atoms with Gasteiger partial charge in [0, 0.05) is 28.9 Å². The van der Waals surface area contributed by atoms with Crippen LogP contribution >= 0.6 is 22.9 Å². The Labute approximate surface area is 163 Å². The minimum Gasteiger partial charge on any atom is -0.346 e. The average Bonchev–Trinajstić information content (AvgIpc) is 3.32. The van der Waals surface area contributed by atoms with Crippen molar-refractivity contribution in [3.63, 3.8) is 0 Å². The van der Waals surface area contributed by atoms with Crippen molar-refractivity contribution in [2.45, 2.75) is 13.0 Å². The molecule has 8 heteroatoms. The highest BCUT2D eigenvalue weighted by molar-refractivity contribution is 7.09. The summed E-state index contributed by atoms with van der Waals surface area (Å²) in [6.07, 6.45) is 2.12. The predicted octanol–water partition coefficient (Wildman–Crippen LogP) is 4.33. The third-order valence-electron chi connectivity index (χ3n) is 4.12. The van der Waals surface area contributed by atoms with Gasteiger partial charge in [-0.25, -0.2) is 14.4 Å². The molecule has 136 valence electrons. The first-order valence-electron chi connectivity index (χ1n) is 8.17. The van der Waals surface area contributed by atoms with Gasteiger partial charge in [-0.2, -0.15) is 0 Å². The number of thiazole rings is 1. The summed E-state index contributed by atoms with van der Waals surface area (Å²) in [5.41, 5.74) is 2.96. The minimum atomic E-state index is -0.406. The number of fused-ring (bicyclic) bond motifs is 1. The molecule has 2 aromatic carbocycles. The summed E-state index contributed by atoms with van der Waals surface area (Å²) in [6, 6.07) is 10.5. The molecule has 0 saturated carbocycles. The van der Waals surface area contributed by atoms with E-state index in [1.54, 1.807) is 11.4 Å². The lowest BCUT2D eigenvalue weighted by Gasteiger charge is -2.06. The Balaban J connectivity index is 1.44. The number of rotatable bonds is 5. The Morgan fingerprint density at radius 3 is 2.85 bits per heavy atom. The Morgan fingerprint density at radius 1 is 1.22 bits per heavy atom. The highest BCUT2D eigenvalue weighted by Gasteiger charge is 2.14. The third-order valence-corrected chi connectivity index (χ3v) is 5.22. The number of hydrogen-bond acceptors (Lipinski definition) is 4. The zero-order valence-corrected chi connectivity index (χ0v) is 15.6. The van der Waals surface area contributed by atoms with E-state index in [4.69, 9.17) is 11.6 Å². The molecule has 4 aromatic rings. The first kappa shape index (κ1) is 17.6. The quantitative estimate of drug-likeness (QED) is 0.523. The number of benzene rings is 2. The van der Waals surface area contributed by atoms with Gasteiger partial charge in [0.05, 0.1) is 22.4 Å². The number of H-pyrrole nitrogens is 1. The van der Waals surface area contributed by atoms with E-state index in [9.17, 15) is 9.18 Å². The maximum absolute atomic E-state index is 14.1. The van der Waals surface area contributed by atoms with Crippen LogP contribution < -0.4 is 5.32 Å². The standard InChI is InChI=1S/C19H14ClFN4OS/c20-12-3-1-11(2-4-12)7-17-25-16(9-27-17)19(26)22-8-13-14(21)5-6-15-18(13)24-10-23-15/h1-6,9-10H,7-8H2,(H,22,26)(H,23,24). The van der Waals surface area contributed by atoms with Gasteiger partial charge >= 0.3 is 0 Å². The number of carbonyl (C=O) groups excluding carboxylic acids is 1. The van der Waals surface area contributed by atoms with Gasteiger partial charge in [-0.05, 0) is 29.8 Å². The van der Waals surface area contributed by atoms with Crippen LogP contribution in [0.25, 0.3) is 11.0 Å². The number of hydrogen-bond donors (Lipinski definition) is 2. The maximum Gasteiger partial charge on any atom is 0.271 e. The molecule has 2 heterocycles. The van der Waals surface area contributed by atoms with Crippen molar-refractivity contribution < 1.29 is 9.18 Å². The summed E-state index contributed by atoms with van der Waals surface area (Å²) >= 11 is 7.30. The van der Waals surface area contributed by atoms with E-state index in [2.05, 4.69) is 20.3 Å². The van der Waals surface area contributed by atoms with E-state index in [1.165, 1.54) is 23.7 Å². The molecule has 1 amide bonds. The normalized spacial score (nSPS) is 11.0. The largest absolute Gasteiger partial charge is 0.346 e. The molecule has 0 aliphatic rings. The lowest BCUT2D eigenvalue weighted by atomic mass is 10.1. The van der Waals surface area contributed by atoms with Crippen LogP contribution in [0.3, 0.4) is 0 Å². The van der Waals surface area contributed by atoms with Gasteiger partial charge in [-0.15, -0.1) is 11.3 Å². The van der Waals surface area contributed by atoms with Crippen molar-refractivity contribution in [3.05, 3.63) is 80.8 Å². The van der Waals surface area contributed by atoms with Crippen LogP contribution in [-0.4, -0.2) is 20.9 Å². The summed E-state index contributed by atoms with van der Waals surface area (Å²) in [5.74, 6) is -0.753. The molecule has 0 spiro atoms. The number of aromatic nitrogens is 3. The van der Waals surface area contributed by atoms with Crippen molar-refractivity contribution in [3.8, 4) is 0 Å². The molecule has 4 rings (SSSR count). The number of aromatic amines is 1. The van der Waals surface area contributed by atoms with Crippen molar-refractivity contribution in [1.82, 2.24) is 20.3 Å². The summed E-state index contributed by atoms with van der Waals surface area (Å²) in [5, 5.41) is 5.92. The predicted molar refractivity (Wildman–Crippen MR) is 104 cm³/mol. The number of nitrogens with one attached hydrogen (secondary N) is 2. The van der Waals surface area contributed by atoms with Gasteiger partial charge < -0.3 is 10.3 Å². The lowest BCUT2D eigenvalue weighted by molar-refractivity contribution is 0.0946. The molecule has 5 nitrogen and oxygen atoms in total. The molecule has 27 heavy (non-hydrogen) atoms. The van der Waals surface area contributed by atoms with Crippen molar-refractivity contribution >= 4 is 39.9 Å². The molecule has 0 bridgehead atoms. The zero-order valence-electron chi connectivity index (χ0n) is 14.0.